The Morgan fingerprint density at radius 1 is 1.33 bits per heavy atom. The van der Waals surface area contributed by atoms with Crippen molar-refractivity contribution in [2.75, 3.05) is 13.1 Å². The van der Waals surface area contributed by atoms with Crippen LogP contribution < -0.4 is 0 Å². The zero-order chi connectivity index (χ0) is 16.5. The highest BCUT2D eigenvalue weighted by Gasteiger charge is 2.25. The zero-order valence-electron chi connectivity index (χ0n) is 13.8. The summed E-state index contributed by atoms with van der Waals surface area (Å²) in [6, 6.07) is 6.14. The normalized spacial score (nSPS) is 18.2. The van der Waals surface area contributed by atoms with E-state index in [0.29, 0.717) is 6.42 Å². The Bertz CT molecular complexity index is 832. The van der Waals surface area contributed by atoms with Crippen molar-refractivity contribution in [1.82, 2.24) is 24.1 Å². The van der Waals surface area contributed by atoms with Crippen molar-refractivity contribution in [3.63, 3.8) is 0 Å². The lowest BCUT2D eigenvalue weighted by atomic mass is 10.1. The molecule has 1 amide bonds. The van der Waals surface area contributed by atoms with E-state index in [-0.39, 0.29) is 11.9 Å². The van der Waals surface area contributed by atoms with Crippen molar-refractivity contribution in [2.45, 2.75) is 32.2 Å². The number of nitrogens with zero attached hydrogens (tertiary/aromatic N) is 5. The standard InChI is InChI=1S/C18H21N5O/c1-14-10-19-23(11-14)16-5-4-8-22(13-16)18(24)9-15-12-21-7-3-2-6-17(21)20-15/h2-3,6-7,10-12,16H,4-5,8-9,13H2,1H3/t16-/m0/s1. The number of rotatable bonds is 3. The molecule has 1 atom stereocenters. The van der Waals surface area contributed by atoms with Crippen molar-refractivity contribution in [3.8, 4) is 0 Å². The van der Waals surface area contributed by atoms with Gasteiger partial charge in [0.15, 0.2) is 0 Å². The molecule has 1 fully saturated rings. The topological polar surface area (TPSA) is 55.4 Å². The first-order valence-electron chi connectivity index (χ1n) is 8.40. The van der Waals surface area contributed by atoms with Gasteiger partial charge < -0.3 is 9.30 Å². The number of hydrogen-bond acceptors (Lipinski definition) is 3. The van der Waals surface area contributed by atoms with Crippen LogP contribution in [0.25, 0.3) is 5.65 Å². The van der Waals surface area contributed by atoms with E-state index in [2.05, 4.69) is 16.3 Å². The molecule has 124 valence electrons. The second-order valence-electron chi connectivity index (χ2n) is 6.51. The molecular formula is C18H21N5O. The van der Waals surface area contributed by atoms with Gasteiger partial charge in [0.1, 0.15) is 5.65 Å². The van der Waals surface area contributed by atoms with Gasteiger partial charge in [0.25, 0.3) is 0 Å². The average Bonchev–Trinajstić information content (AvgIpc) is 3.20. The minimum Gasteiger partial charge on any atom is -0.340 e. The van der Waals surface area contributed by atoms with Crippen molar-refractivity contribution in [3.05, 3.63) is 54.2 Å². The second kappa shape index (κ2) is 6.11. The fraction of sp³-hybridized carbons (Fsp3) is 0.389. The molecule has 3 aromatic rings. The molecule has 0 unspecified atom stereocenters. The van der Waals surface area contributed by atoms with Gasteiger partial charge >= 0.3 is 0 Å². The third kappa shape index (κ3) is 2.91. The highest BCUT2D eigenvalue weighted by molar-refractivity contribution is 5.78. The van der Waals surface area contributed by atoms with Gasteiger partial charge in [-0.05, 0) is 37.5 Å². The number of fused-ring (bicyclic) bond motifs is 1. The summed E-state index contributed by atoms with van der Waals surface area (Å²) in [5, 5.41) is 4.41. The highest BCUT2D eigenvalue weighted by atomic mass is 16.2. The maximum absolute atomic E-state index is 12.7. The van der Waals surface area contributed by atoms with E-state index in [9.17, 15) is 4.79 Å². The van der Waals surface area contributed by atoms with Crippen LogP contribution >= 0.6 is 0 Å². The van der Waals surface area contributed by atoms with E-state index in [1.165, 1.54) is 0 Å². The van der Waals surface area contributed by atoms with Crippen molar-refractivity contribution >= 4 is 11.6 Å². The minimum absolute atomic E-state index is 0.145. The lowest BCUT2D eigenvalue weighted by Gasteiger charge is -2.32. The molecule has 6 nitrogen and oxygen atoms in total. The first-order valence-corrected chi connectivity index (χ1v) is 8.40. The number of piperidine rings is 1. The molecule has 0 aliphatic carbocycles. The molecule has 4 rings (SSSR count). The SMILES string of the molecule is Cc1cnn([C@H]2CCCN(C(=O)Cc3cn4ccccc4n3)C2)c1. The first kappa shape index (κ1) is 14.9. The molecule has 3 aromatic heterocycles. The van der Waals surface area contributed by atoms with E-state index < -0.39 is 0 Å². The predicted molar refractivity (Wildman–Crippen MR) is 90.7 cm³/mol. The Kier molecular flexibility index (Phi) is 3.80. The van der Waals surface area contributed by atoms with E-state index in [1.807, 2.05) is 57.7 Å². The van der Waals surface area contributed by atoms with E-state index in [0.717, 1.165) is 42.8 Å². The molecule has 0 aromatic carbocycles. The van der Waals surface area contributed by atoms with Crippen molar-refractivity contribution in [2.24, 2.45) is 0 Å². The molecule has 0 spiro atoms. The van der Waals surface area contributed by atoms with Crippen LogP contribution in [0.3, 0.4) is 0 Å². The third-order valence-corrected chi connectivity index (χ3v) is 4.60. The van der Waals surface area contributed by atoms with Gasteiger partial charge in [-0.15, -0.1) is 0 Å². The maximum Gasteiger partial charge on any atom is 0.228 e. The second-order valence-corrected chi connectivity index (χ2v) is 6.51. The Morgan fingerprint density at radius 2 is 2.25 bits per heavy atom. The molecule has 1 aliphatic heterocycles. The summed E-state index contributed by atoms with van der Waals surface area (Å²) in [6.07, 6.45) is 10.3. The molecule has 0 N–H and O–H groups in total. The zero-order valence-corrected chi connectivity index (χ0v) is 13.8. The molecule has 24 heavy (non-hydrogen) atoms. The number of amides is 1. The van der Waals surface area contributed by atoms with Gasteiger partial charge in [-0.2, -0.15) is 5.10 Å². The molecule has 6 heteroatoms. The van der Waals surface area contributed by atoms with Crippen molar-refractivity contribution in [1.29, 1.82) is 0 Å². The summed E-state index contributed by atoms with van der Waals surface area (Å²) in [4.78, 5) is 19.2. The number of pyridine rings is 1. The quantitative estimate of drug-likeness (QED) is 0.743. The van der Waals surface area contributed by atoms with Gasteiger partial charge in [-0.1, -0.05) is 6.07 Å². The van der Waals surface area contributed by atoms with Gasteiger partial charge in [-0.3, -0.25) is 9.48 Å². The molecule has 1 saturated heterocycles. The number of hydrogen-bond donors (Lipinski definition) is 0. The molecule has 0 radical (unpaired) electrons. The van der Waals surface area contributed by atoms with Gasteiger partial charge in [0.2, 0.25) is 5.91 Å². The average molecular weight is 323 g/mol. The molecule has 4 heterocycles. The fourth-order valence-electron chi connectivity index (χ4n) is 3.37. The summed E-state index contributed by atoms with van der Waals surface area (Å²) in [5.41, 5.74) is 2.86. The van der Waals surface area contributed by atoms with Crippen LogP contribution in [0, 0.1) is 6.92 Å². The fourth-order valence-corrected chi connectivity index (χ4v) is 3.37. The summed E-state index contributed by atoms with van der Waals surface area (Å²) >= 11 is 0. The van der Waals surface area contributed by atoms with Crippen molar-refractivity contribution < 1.29 is 4.79 Å². The number of carbonyl (C=O) groups is 1. The van der Waals surface area contributed by atoms with Crippen LogP contribution in [0.1, 0.15) is 30.1 Å². The lowest BCUT2D eigenvalue weighted by Crippen LogP contribution is -2.41. The molecule has 0 saturated carbocycles. The van der Waals surface area contributed by atoms with Crippen LogP contribution in [0.4, 0.5) is 0 Å². The van der Waals surface area contributed by atoms with Gasteiger partial charge in [-0.25, -0.2) is 4.98 Å². The smallest absolute Gasteiger partial charge is 0.228 e. The van der Waals surface area contributed by atoms with Crippen LogP contribution in [-0.2, 0) is 11.2 Å². The Labute approximate surface area is 140 Å². The first-order chi connectivity index (χ1) is 11.7. The van der Waals surface area contributed by atoms with Crippen LogP contribution in [0.15, 0.2) is 43.0 Å². The predicted octanol–water partition coefficient (Wildman–Crippen LogP) is 2.25. The largest absolute Gasteiger partial charge is 0.340 e. The van der Waals surface area contributed by atoms with E-state index in [4.69, 9.17) is 0 Å². The number of imidazole rings is 1. The van der Waals surface area contributed by atoms with Crippen LogP contribution in [0.2, 0.25) is 0 Å². The molecular weight excluding hydrogens is 302 g/mol. The van der Waals surface area contributed by atoms with Crippen LogP contribution in [-0.4, -0.2) is 43.1 Å². The minimum atomic E-state index is 0.145. The number of carbonyl (C=O) groups excluding carboxylic acids is 1. The van der Waals surface area contributed by atoms with E-state index >= 15 is 0 Å². The highest BCUT2D eigenvalue weighted by Crippen LogP contribution is 2.22. The summed E-state index contributed by atoms with van der Waals surface area (Å²) in [6.45, 7) is 3.59. The lowest BCUT2D eigenvalue weighted by molar-refractivity contribution is -0.132. The third-order valence-electron chi connectivity index (χ3n) is 4.60. The number of likely N-dealkylation sites (tertiary alicyclic amines) is 1. The maximum atomic E-state index is 12.7. The monoisotopic (exact) mass is 323 g/mol. The summed E-state index contributed by atoms with van der Waals surface area (Å²) < 4.78 is 3.95. The number of aryl methyl sites for hydroxylation is 1. The van der Waals surface area contributed by atoms with E-state index in [1.54, 1.807) is 0 Å². The molecule has 0 bridgehead atoms. The van der Waals surface area contributed by atoms with Gasteiger partial charge in [0, 0.05) is 31.7 Å². The number of aromatic nitrogens is 4. The van der Waals surface area contributed by atoms with Gasteiger partial charge in [0.05, 0.1) is 24.4 Å². The Morgan fingerprint density at radius 3 is 3.04 bits per heavy atom. The summed E-state index contributed by atoms with van der Waals surface area (Å²) in [5.74, 6) is 0.145. The Hall–Kier alpha value is -2.63. The molecule has 1 aliphatic rings. The van der Waals surface area contributed by atoms with Crippen LogP contribution in [0.5, 0.6) is 0 Å². The summed E-state index contributed by atoms with van der Waals surface area (Å²) in [7, 11) is 0. The Balaban J connectivity index is 1.45.